The number of ether oxygens (including phenoxy) is 2. The normalized spacial score (nSPS) is 10.6. The molecule has 0 unspecified atom stereocenters. The van der Waals surface area contributed by atoms with Crippen molar-refractivity contribution in [3.8, 4) is 12.8 Å². The molecule has 0 fully saturated rings. The molecule has 102 valence electrons. The van der Waals surface area contributed by atoms with Gasteiger partial charge in [0.2, 0.25) is 0 Å². The van der Waals surface area contributed by atoms with E-state index in [2.05, 4.69) is 18.2 Å². The first-order valence-electron chi connectivity index (χ1n) is 5.79. The van der Waals surface area contributed by atoms with E-state index in [-0.39, 0.29) is 6.09 Å². The van der Waals surface area contributed by atoms with Crippen LogP contribution in [0.25, 0.3) is 0 Å². The van der Waals surface area contributed by atoms with Crippen molar-refractivity contribution in [2.45, 2.75) is 20.3 Å². The Morgan fingerprint density at radius 2 is 2.06 bits per heavy atom. The van der Waals surface area contributed by atoms with Crippen LogP contribution < -0.4 is 5.32 Å². The number of carbonyl (C=O) groups is 1. The summed E-state index contributed by atoms with van der Waals surface area (Å²) in [4.78, 5) is 11.0. The van der Waals surface area contributed by atoms with Gasteiger partial charge in [0.05, 0.1) is 13.2 Å². The second-order valence-electron chi connectivity index (χ2n) is 3.12. The number of hydrogen-bond donors (Lipinski definition) is 1. The van der Waals surface area contributed by atoms with Gasteiger partial charge in [0, 0.05) is 13.7 Å². The summed E-state index contributed by atoms with van der Waals surface area (Å²) in [7, 11) is 1.65. The fraction of sp³-hybridized carbons (Fsp3) is 0.500. The molecule has 0 radical (unpaired) electrons. The van der Waals surface area contributed by atoms with Crippen LogP contribution in [0, 0.1) is 12.8 Å². The molecule has 0 bridgehead atoms. The first kappa shape index (κ1) is 18.6. The number of alkyl carbamates (subject to hydrolysis) is 1. The fourth-order valence-electron chi connectivity index (χ4n) is 1.11. The van der Waals surface area contributed by atoms with Crippen LogP contribution in [0.2, 0.25) is 0 Å². The zero-order valence-electron chi connectivity index (χ0n) is 11.4. The number of terminal acetylenes is 1. The maximum atomic E-state index is 11.0. The van der Waals surface area contributed by atoms with E-state index < -0.39 is 0 Å². The van der Waals surface area contributed by atoms with Gasteiger partial charge in [-0.05, 0) is 20.3 Å². The summed E-state index contributed by atoms with van der Waals surface area (Å²) in [5.41, 5.74) is 1.16. The van der Waals surface area contributed by atoms with Crippen molar-refractivity contribution in [2.75, 3.05) is 26.9 Å². The molecule has 0 heterocycles. The number of amides is 1. The van der Waals surface area contributed by atoms with E-state index in [1.807, 2.05) is 25.2 Å². The van der Waals surface area contributed by atoms with Gasteiger partial charge in [-0.15, -0.1) is 12.8 Å². The van der Waals surface area contributed by atoms with Crippen LogP contribution in [-0.2, 0) is 9.47 Å². The maximum Gasteiger partial charge on any atom is 0.407 e. The summed E-state index contributed by atoms with van der Waals surface area (Å²) in [6.07, 6.45) is 14.4. The van der Waals surface area contributed by atoms with E-state index in [1.54, 1.807) is 14.0 Å². The quantitative estimate of drug-likeness (QED) is 0.560. The summed E-state index contributed by atoms with van der Waals surface area (Å²) in [6, 6.07) is 0. The number of hydrogen-bond acceptors (Lipinski definition) is 3. The molecule has 0 atom stereocenters. The van der Waals surface area contributed by atoms with Gasteiger partial charge in [0.1, 0.15) is 0 Å². The molecule has 4 nitrogen and oxygen atoms in total. The van der Waals surface area contributed by atoms with Crippen LogP contribution in [-0.4, -0.2) is 33.0 Å². The van der Waals surface area contributed by atoms with Crippen molar-refractivity contribution < 1.29 is 14.3 Å². The van der Waals surface area contributed by atoms with Gasteiger partial charge in [-0.25, -0.2) is 4.79 Å². The number of rotatable bonds is 7. The van der Waals surface area contributed by atoms with Gasteiger partial charge in [-0.1, -0.05) is 23.8 Å². The Morgan fingerprint density at radius 1 is 1.39 bits per heavy atom. The largest absolute Gasteiger partial charge is 0.450 e. The molecule has 0 aliphatic heterocycles. The number of carbonyl (C=O) groups excluding carboxylic acids is 1. The Kier molecular flexibility index (Phi) is 15.8. The molecule has 0 aliphatic carbocycles. The number of methoxy groups -OCH3 is 1. The Hall–Kier alpha value is -1.73. The van der Waals surface area contributed by atoms with Crippen LogP contribution in [0.5, 0.6) is 0 Å². The zero-order chi connectivity index (χ0) is 14.2. The summed E-state index contributed by atoms with van der Waals surface area (Å²) in [5, 5.41) is 2.67. The van der Waals surface area contributed by atoms with Crippen molar-refractivity contribution in [3.63, 3.8) is 0 Å². The molecule has 1 amide bonds. The van der Waals surface area contributed by atoms with Crippen molar-refractivity contribution >= 4 is 6.09 Å². The highest BCUT2D eigenvalue weighted by Gasteiger charge is 1.98. The molecule has 0 spiro atoms. The van der Waals surface area contributed by atoms with Gasteiger partial charge in [-0.2, -0.15) is 0 Å². The molecule has 1 N–H and O–H groups in total. The lowest BCUT2D eigenvalue weighted by atomic mass is 10.1. The lowest BCUT2D eigenvalue weighted by molar-refractivity contribution is 0.152. The molecule has 0 aliphatic rings. The Morgan fingerprint density at radius 3 is 2.56 bits per heavy atom. The first-order valence-corrected chi connectivity index (χ1v) is 5.79. The number of allylic oxidation sites excluding steroid dienone is 2. The van der Waals surface area contributed by atoms with Gasteiger partial charge in [-0.3, -0.25) is 0 Å². The summed E-state index contributed by atoms with van der Waals surface area (Å²) >= 11 is 0. The third-order valence-corrected chi connectivity index (χ3v) is 1.92. The van der Waals surface area contributed by atoms with E-state index in [0.29, 0.717) is 19.8 Å². The minimum Gasteiger partial charge on any atom is -0.450 e. The van der Waals surface area contributed by atoms with Crippen molar-refractivity contribution in [1.82, 2.24) is 5.32 Å². The molecule has 18 heavy (non-hydrogen) atoms. The monoisotopic (exact) mass is 253 g/mol. The van der Waals surface area contributed by atoms with E-state index in [9.17, 15) is 4.79 Å². The predicted molar refractivity (Wildman–Crippen MR) is 74.3 cm³/mol. The SMILES string of the molecule is C#C.C/C=C(\C=C/COC)CCNC(=O)OCC. The van der Waals surface area contributed by atoms with Crippen molar-refractivity contribution in [3.05, 3.63) is 23.8 Å². The fourth-order valence-corrected chi connectivity index (χ4v) is 1.11. The topological polar surface area (TPSA) is 47.6 Å². The van der Waals surface area contributed by atoms with Crippen LogP contribution in [0.15, 0.2) is 23.8 Å². The minimum absolute atomic E-state index is 0.362. The Bertz CT molecular complexity index is 280. The predicted octanol–water partition coefficient (Wildman–Crippen LogP) is 2.52. The molecule has 0 saturated carbocycles. The summed E-state index contributed by atoms with van der Waals surface area (Å²) < 4.78 is 9.66. The molecule has 0 aromatic heterocycles. The molecule has 4 heteroatoms. The van der Waals surface area contributed by atoms with Gasteiger partial charge in [0.15, 0.2) is 0 Å². The zero-order valence-corrected chi connectivity index (χ0v) is 11.4. The van der Waals surface area contributed by atoms with Crippen LogP contribution in [0.3, 0.4) is 0 Å². The Labute approximate surface area is 110 Å². The van der Waals surface area contributed by atoms with E-state index in [1.165, 1.54) is 0 Å². The smallest absolute Gasteiger partial charge is 0.407 e. The van der Waals surface area contributed by atoms with Gasteiger partial charge in [0.25, 0.3) is 0 Å². The standard InChI is InChI=1S/C12H21NO3.C2H2/c1-4-11(7-6-10-15-3)8-9-13-12(14)16-5-2;1-2/h4,6-7H,5,8-10H2,1-3H3,(H,13,14);1-2H/b7-6-,11-4+;. The highest BCUT2D eigenvalue weighted by Crippen LogP contribution is 2.02. The van der Waals surface area contributed by atoms with E-state index >= 15 is 0 Å². The Balaban J connectivity index is 0. The highest BCUT2D eigenvalue weighted by atomic mass is 16.5. The average molecular weight is 253 g/mol. The van der Waals surface area contributed by atoms with Crippen LogP contribution >= 0.6 is 0 Å². The van der Waals surface area contributed by atoms with E-state index in [0.717, 1.165) is 12.0 Å². The molecular formula is C14H23NO3. The second-order valence-corrected chi connectivity index (χ2v) is 3.12. The maximum absolute atomic E-state index is 11.0. The molecule has 0 aromatic carbocycles. The first-order chi connectivity index (χ1) is 8.74. The number of nitrogens with one attached hydrogen (secondary N) is 1. The van der Waals surface area contributed by atoms with Gasteiger partial charge >= 0.3 is 6.09 Å². The molecule has 0 aromatic rings. The summed E-state index contributed by atoms with van der Waals surface area (Å²) in [6.45, 7) is 5.33. The van der Waals surface area contributed by atoms with E-state index in [4.69, 9.17) is 9.47 Å². The summed E-state index contributed by atoms with van der Waals surface area (Å²) in [5.74, 6) is 0. The minimum atomic E-state index is -0.362. The second kappa shape index (κ2) is 15.3. The third-order valence-electron chi connectivity index (χ3n) is 1.92. The van der Waals surface area contributed by atoms with Crippen LogP contribution in [0.4, 0.5) is 4.79 Å². The van der Waals surface area contributed by atoms with Crippen molar-refractivity contribution in [2.24, 2.45) is 0 Å². The molecule has 0 saturated heterocycles. The van der Waals surface area contributed by atoms with Gasteiger partial charge < -0.3 is 14.8 Å². The lowest BCUT2D eigenvalue weighted by Gasteiger charge is -2.05. The molecule has 0 rings (SSSR count). The lowest BCUT2D eigenvalue weighted by Crippen LogP contribution is -2.25. The average Bonchev–Trinajstić information content (AvgIpc) is 2.40. The third kappa shape index (κ3) is 12.3. The molecular weight excluding hydrogens is 230 g/mol. The van der Waals surface area contributed by atoms with Crippen molar-refractivity contribution in [1.29, 1.82) is 0 Å². The van der Waals surface area contributed by atoms with Crippen LogP contribution in [0.1, 0.15) is 20.3 Å². The highest BCUT2D eigenvalue weighted by molar-refractivity contribution is 5.67.